The Morgan fingerprint density at radius 3 is 2.26 bits per heavy atom. The predicted molar refractivity (Wildman–Crippen MR) is 95.6 cm³/mol. The molecule has 1 aromatic heterocycles. The van der Waals surface area contributed by atoms with Crippen molar-refractivity contribution in [1.82, 2.24) is 20.9 Å². The van der Waals surface area contributed by atoms with E-state index in [0.29, 0.717) is 10.9 Å². The first kappa shape index (κ1) is 16.5. The van der Waals surface area contributed by atoms with Crippen molar-refractivity contribution in [1.29, 1.82) is 0 Å². The van der Waals surface area contributed by atoms with Gasteiger partial charge in [-0.1, -0.05) is 36.4 Å². The van der Waals surface area contributed by atoms with E-state index in [9.17, 15) is 19.2 Å². The summed E-state index contributed by atoms with van der Waals surface area (Å²) in [5.41, 5.74) is -0.794. The van der Waals surface area contributed by atoms with Gasteiger partial charge in [0.2, 0.25) is 5.54 Å². The maximum atomic E-state index is 13.0. The molecule has 2 aromatic carbocycles. The number of carbonyl (C=O) groups is 4. The largest absolute Gasteiger partial charge is 0.361 e. The first-order valence-electron chi connectivity index (χ1n) is 8.13. The number of urea groups is 1. The molecular formula is C19H14N4O4. The Morgan fingerprint density at radius 2 is 1.56 bits per heavy atom. The highest BCUT2D eigenvalue weighted by molar-refractivity contribution is 6.24. The smallest absolute Gasteiger partial charge is 0.328 e. The van der Waals surface area contributed by atoms with E-state index < -0.39 is 29.3 Å². The van der Waals surface area contributed by atoms with Gasteiger partial charge in [0.25, 0.3) is 17.7 Å². The average Bonchev–Trinajstić information content (AvgIpc) is 3.14. The van der Waals surface area contributed by atoms with Gasteiger partial charge in [-0.25, -0.2) is 4.79 Å². The molecule has 8 nitrogen and oxygen atoms in total. The predicted octanol–water partition coefficient (Wildman–Crippen LogP) is 1.16. The van der Waals surface area contributed by atoms with E-state index in [1.54, 1.807) is 48.7 Å². The van der Waals surface area contributed by atoms with Crippen LogP contribution in [-0.2, 0) is 15.1 Å². The van der Waals surface area contributed by atoms with Gasteiger partial charge in [0.05, 0.1) is 0 Å². The quantitative estimate of drug-likeness (QED) is 0.523. The van der Waals surface area contributed by atoms with Gasteiger partial charge in [0.15, 0.2) is 0 Å². The molecular weight excluding hydrogens is 348 g/mol. The minimum Gasteiger partial charge on any atom is -0.361 e. The first-order chi connectivity index (χ1) is 13.0. The molecule has 2 heterocycles. The van der Waals surface area contributed by atoms with E-state index in [1.807, 2.05) is 0 Å². The molecule has 3 aromatic rings. The summed E-state index contributed by atoms with van der Waals surface area (Å²) in [5, 5.41) is 7.30. The molecule has 0 radical (unpaired) electrons. The zero-order valence-corrected chi connectivity index (χ0v) is 13.9. The molecule has 27 heavy (non-hydrogen) atoms. The van der Waals surface area contributed by atoms with Crippen molar-refractivity contribution in [2.24, 2.45) is 0 Å². The molecule has 1 fully saturated rings. The van der Waals surface area contributed by atoms with E-state index in [-0.39, 0.29) is 5.56 Å². The molecule has 1 saturated heterocycles. The van der Waals surface area contributed by atoms with Crippen molar-refractivity contribution in [3.63, 3.8) is 0 Å². The third-order valence-corrected chi connectivity index (χ3v) is 4.48. The number of rotatable bonds is 3. The zero-order chi connectivity index (χ0) is 19.0. The van der Waals surface area contributed by atoms with Crippen molar-refractivity contribution in [3.8, 4) is 0 Å². The number of hydrogen-bond donors (Lipinski definition) is 4. The van der Waals surface area contributed by atoms with E-state index in [1.165, 1.54) is 12.1 Å². The number of H-pyrrole nitrogens is 1. The Labute approximate surface area is 152 Å². The molecule has 0 unspecified atom stereocenters. The topological polar surface area (TPSA) is 120 Å². The number of nitrogens with one attached hydrogen (secondary N) is 4. The molecule has 1 aliphatic heterocycles. The van der Waals surface area contributed by atoms with Crippen LogP contribution in [0.1, 0.15) is 15.9 Å². The Balaban J connectivity index is 1.82. The highest BCUT2D eigenvalue weighted by Crippen LogP contribution is 2.26. The van der Waals surface area contributed by atoms with Crippen LogP contribution in [0.25, 0.3) is 10.9 Å². The van der Waals surface area contributed by atoms with Crippen molar-refractivity contribution in [2.45, 2.75) is 5.54 Å². The van der Waals surface area contributed by atoms with Gasteiger partial charge in [-0.05, 0) is 23.8 Å². The summed E-state index contributed by atoms with van der Waals surface area (Å²) in [4.78, 5) is 52.9. The van der Waals surface area contributed by atoms with Crippen molar-refractivity contribution < 1.29 is 19.2 Å². The lowest BCUT2D eigenvalue weighted by Crippen LogP contribution is -2.71. The molecule has 0 atom stereocenters. The van der Waals surface area contributed by atoms with Crippen LogP contribution in [0.4, 0.5) is 4.79 Å². The molecule has 134 valence electrons. The number of imide groups is 2. The fourth-order valence-corrected chi connectivity index (χ4v) is 3.19. The molecule has 8 heteroatoms. The van der Waals surface area contributed by atoms with Crippen molar-refractivity contribution >= 4 is 34.7 Å². The van der Waals surface area contributed by atoms with Crippen LogP contribution < -0.4 is 16.0 Å². The van der Waals surface area contributed by atoms with Gasteiger partial charge in [0.1, 0.15) is 0 Å². The maximum Gasteiger partial charge on any atom is 0.328 e. The molecule has 4 N–H and O–H groups in total. The number of benzene rings is 2. The molecule has 0 saturated carbocycles. The van der Waals surface area contributed by atoms with Crippen LogP contribution in [0, 0.1) is 0 Å². The number of aromatic amines is 1. The lowest BCUT2D eigenvalue weighted by atomic mass is 9.86. The van der Waals surface area contributed by atoms with Gasteiger partial charge in [0, 0.05) is 22.7 Å². The summed E-state index contributed by atoms with van der Waals surface area (Å²) in [6.07, 6.45) is 1.69. The summed E-state index contributed by atoms with van der Waals surface area (Å²) in [5.74, 6) is -2.46. The Hall–Kier alpha value is -3.94. The van der Waals surface area contributed by atoms with E-state index in [4.69, 9.17) is 0 Å². The van der Waals surface area contributed by atoms with Crippen LogP contribution in [0.5, 0.6) is 0 Å². The summed E-state index contributed by atoms with van der Waals surface area (Å²) in [7, 11) is 0. The van der Waals surface area contributed by atoms with E-state index in [0.717, 1.165) is 5.52 Å². The molecule has 5 amide bonds. The minimum atomic E-state index is -2.06. The molecule has 0 aliphatic carbocycles. The monoisotopic (exact) mass is 362 g/mol. The van der Waals surface area contributed by atoms with Crippen LogP contribution in [0.3, 0.4) is 0 Å². The number of fused-ring (bicyclic) bond motifs is 1. The molecule has 0 bridgehead atoms. The second-order valence-electron chi connectivity index (χ2n) is 6.05. The second kappa shape index (κ2) is 6.10. The Kier molecular flexibility index (Phi) is 3.73. The fourth-order valence-electron chi connectivity index (χ4n) is 3.19. The van der Waals surface area contributed by atoms with E-state index >= 15 is 0 Å². The number of aromatic nitrogens is 1. The highest BCUT2D eigenvalue weighted by Gasteiger charge is 2.53. The third kappa shape index (κ3) is 2.54. The maximum absolute atomic E-state index is 13.0. The average molecular weight is 362 g/mol. The van der Waals surface area contributed by atoms with Gasteiger partial charge in [-0.3, -0.25) is 25.0 Å². The van der Waals surface area contributed by atoms with Crippen molar-refractivity contribution in [3.05, 3.63) is 71.9 Å². The van der Waals surface area contributed by atoms with Crippen molar-refractivity contribution in [2.75, 3.05) is 0 Å². The Morgan fingerprint density at radius 1 is 0.852 bits per heavy atom. The van der Waals surface area contributed by atoms with Crippen LogP contribution in [0.2, 0.25) is 0 Å². The molecule has 0 spiro atoms. The normalized spacial score (nSPS) is 15.9. The van der Waals surface area contributed by atoms with Crippen LogP contribution in [-0.4, -0.2) is 28.7 Å². The first-order valence-corrected chi connectivity index (χ1v) is 8.13. The standard InChI is InChI=1S/C19H14N4O4/c24-15(13-7-4-8-14-12(13)9-10-20-14)23-19(11-5-2-1-3-6-11)16(25)21-18(27)22-17(19)26/h1-10,20H,(H,23,24)(H2,21,22,25,26,27). The summed E-state index contributed by atoms with van der Waals surface area (Å²) in [6.45, 7) is 0. The number of barbiturate groups is 1. The lowest BCUT2D eigenvalue weighted by Gasteiger charge is -2.34. The summed E-state index contributed by atoms with van der Waals surface area (Å²) >= 11 is 0. The number of hydrogen-bond acceptors (Lipinski definition) is 4. The lowest BCUT2D eigenvalue weighted by molar-refractivity contribution is -0.139. The van der Waals surface area contributed by atoms with Gasteiger partial charge in [-0.15, -0.1) is 0 Å². The molecule has 1 aliphatic rings. The SMILES string of the molecule is O=C1NC(=O)C(NC(=O)c2cccc3[nH]ccc23)(c2ccccc2)C(=O)N1. The zero-order valence-electron chi connectivity index (χ0n) is 13.9. The summed E-state index contributed by atoms with van der Waals surface area (Å²) < 4.78 is 0. The molecule has 4 rings (SSSR count). The highest BCUT2D eigenvalue weighted by atomic mass is 16.2. The third-order valence-electron chi connectivity index (χ3n) is 4.48. The van der Waals surface area contributed by atoms with Crippen LogP contribution >= 0.6 is 0 Å². The van der Waals surface area contributed by atoms with Crippen LogP contribution in [0.15, 0.2) is 60.8 Å². The summed E-state index contributed by atoms with van der Waals surface area (Å²) in [6, 6.07) is 13.9. The van der Waals surface area contributed by atoms with Gasteiger partial charge >= 0.3 is 6.03 Å². The minimum absolute atomic E-state index is 0.238. The number of amides is 5. The van der Waals surface area contributed by atoms with Gasteiger partial charge < -0.3 is 10.3 Å². The van der Waals surface area contributed by atoms with Gasteiger partial charge in [-0.2, -0.15) is 0 Å². The fraction of sp³-hybridized carbons (Fsp3) is 0.0526. The Bertz CT molecular complexity index is 1070. The second-order valence-corrected chi connectivity index (χ2v) is 6.05. The number of carbonyl (C=O) groups excluding carboxylic acids is 4. The van der Waals surface area contributed by atoms with E-state index in [2.05, 4.69) is 20.9 Å².